The summed E-state index contributed by atoms with van der Waals surface area (Å²) in [7, 11) is 0. The molecule has 1 amide bonds. The third kappa shape index (κ3) is 3.68. The SMILES string of the molecule is Cc1ccc(F)c2c1CC(c1cc(/C=C/c3nnc(-c4ccc(F)cc4)o3)n[nH]1)NC2=O. The van der Waals surface area contributed by atoms with E-state index in [2.05, 4.69) is 25.7 Å². The highest BCUT2D eigenvalue weighted by Crippen LogP contribution is 2.29. The van der Waals surface area contributed by atoms with E-state index in [4.69, 9.17) is 4.42 Å². The van der Waals surface area contributed by atoms with Crippen molar-refractivity contribution in [3.8, 4) is 11.5 Å². The van der Waals surface area contributed by atoms with Gasteiger partial charge in [-0.05, 0) is 66.9 Å². The summed E-state index contributed by atoms with van der Waals surface area (Å²) in [5.41, 5.74) is 3.58. The molecule has 0 spiro atoms. The van der Waals surface area contributed by atoms with Gasteiger partial charge in [0.05, 0.1) is 23.0 Å². The molecular weight excluding hydrogens is 416 g/mol. The summed E-state index contributed by atoms with van der Waals surface area (Å²) < 4.78 is 32.7. The molecule has 0 fully saturated rings. The maximum absolute atomic E-state index is 14.1. The molecule has 1 atom stereocenters. The van der Waals surface area contributed by atoms with Crippen LogP contribution in [0.2, 0.25) is 0 Å². The summed E-state index contributed by atoms with van der Waals surface area (Å²) >= 11 is 0. The van der Waals surface area contributed by atoms with Gasteiger partial charge in [0.2, 0.25) is 11.8 Å². The number of hydrogen-bond acceptors (Lipinski definition) is 5. The van der Waals surface area contributed by atoms with Gasteiger partial charge in [-0.25, -0.2) is 8.78 Å². The molecule has 0 aliphatic carbocycles. The van der Waals surface area contributed by atoms with Crippen LogP contribution in [0.3, 0.4) is 0 Å². The predicted octanol–water partition coefficient (Wildman–Crippen LogP) is 4.24. The Hall–Kier alpha value is -4.14. The van der Waals surface area contributed by atoms with E-state index in [1.54, 1.807) is 36.4 Å². The van der Waals surface area contributed by atoms with Gasteiger partial charge in [-0.2, -0.15) is 5.10 Å². The largest absolute Gasteiger partial charge is 0.417 e. The summed E-state index contributed by atoms with van der Waals surface area (Å²) in [4.78, 5) is 12.4. The number of rotatable bonds is 4. The molecule has 4 aromatic rings. The van der Waals surface area contributed by atoms with Gasteiger partial charge >= 0.3 is 0 Å². The number of aromatic amines is 1. The highest BCUT2D eigenvalue weighted by Gasteiger charge is 2.30. The number of hydrogen-bond donors (Lipinski definition) is 2. The van der Waals surface area contributed by atoms with Gasteiger partial charge < -0.3 is 9.73 Å². The van der Waals surface area contributed by atoms with Gasteiger partial charge in [0.15, 0.2) is 0 Å². The lowest BCUT2D eigenvalue weighted by Gasteiger charge is -2.26. The molecule has 32 heavy (non-hydrogen) atoms. The Bertz CT molecular complexity index is 1340. The summed E-state index contributed by atoms with van der Waals surface area (Å²) in [5.74, 6) is -0.767. The van der Waals surface area contributed by atoms with E-state index in [0.717, 1.165) is 5.56 Å². The van der Waals surface area contributed by atoms with E-state index in [0.29, 0.717) is 28.9 Å². The second-order valence-electron chi connectivity index (χ2n) is 7.48. The number of halogens is 2. The molecule has 7 nitrogen and oxygen atoms in total. The molecule has 5 rings (SSSR count). The number of amides is 1. The van der Waals surface area contributed by atoms with Crippen LogP contribution in [0.15, 0.2) is 46.9 Å². The number of carbonyl (C=O) groups is 1. The van der Waals surface area contributed by atoms with Crippen molar-refractivity contribution >= 4 is 18.1 Å². The summed E-state index contributed by atoms with van der Waals surface area (Å²) in [6.45, 7) is 1.86. The fourth-order valence-electron chi connectivity index (χ4n) is 3.69. The molecular formula is C23H17F2N5O2. The minimum atomic E-state index is -0.519. The van der Waals surface area contributed by atoms with Gasteiger partial charge in [0.1, 0.15) is 11.6 Å². The third-order valence-corrected chi connectivity index (χ3v) is 5.36. The Labute approximate surface area is 181 Å². The Morgan fingerprint density at radius 2 is 1.91 bits per heavy atom. The van der Waals surface area contributed by atoms with Crippen LogP contribution in [0, 0.1) is 18.6 Å². The van der Waals surface area contributed by atoms with Gasteiger partial charge in [-0.15, -0.1) is 10.2 Å². The highest BCUT2D eigenvalue weighted by molar-refractivity contribution is 5.97. The van der Waals surface area contributed by atoms with E-state index in [1.807, 2.05) is 6.92 Å². The Kier molecular flexibility index (Phi) is 4.85. The molecule has 160 valence electrons. The van der Waals surface area contributed by atoms with Gasteiger partial charge in [0, 0.05) is 11.6 Å². The molecule has 2 aromatic heterocycles. The quantitative estimate of drug-likeness (QED) is 0.502. The number of carbonyl (C=O) groups excluding carboxylic acids is 1. The zero-order valence-corrected chi connectivity index (χ0v) is 16.9. The lowest BCUT2D eigenvalue weighted by molar-refractivity contribution is 0.0919. The van der Waals surface area contributed by atoms with Crippen LogP contribution < -0.4 is 5.32 Å². The van der Waals surface area contributed by atoms with Crippen LogP contribution in [0.5, 0.6) is 0 Å². The van der Waals surface area contributed by atoms with Crippen molar-refractivity contribution in [1.82, 2.24) is 25.7 Å². The highest BCUT2D eigenvalue weighted by atomic mass is 19.1. The molecule has 0 radical (unpaired) electrons. The lowest BCUT2D eigenvalue weighted by atomic mass is 9.90. The fraction of sp³-hybridized carbons (Fsp3) is 0.130. The fourth-order valence-corrected chi connectivity index (χ4v) is 3.69. The summed E-state index contributed by atoms with van der Waals surface area (Å²) in [6, 6.07) is 10.2. The van der Waals surface area contributed by atoms with Crippen molar-refractivity contribution in [2.75, 3.05) is 0 Å². The molecule has 2 N–H and O–H groups in total. The van der Waals surface area contributed by atoms with E-state index in [-0.39, 0.29) is 29.2 Å². The molecule has 3 heterocycles. The minimum Gasteiger partial charge on any atom is -0.417 e. The van der Waals surface area contributed by atoms with Crippen LogP contribution in [-0.4, -0.2) is 26.3 Å². The second-order valence-corrected chi connectivity index (χ2v) is 7.48. The number of aryl methyl sites for hydroxylation is 1. The van der Waals surface area contributed by atoms with Crippen LogP contribution >= 0.6 is 0 Å². The number of H-pyrrole nitrogens is 1. The first-order chi connectivity index (χ1) is 15.5. The molecule has 9 heteroatoms. The van der Waals surface area contributed by atoms with E-state index in [9.17, 15) is 13.6 Å². The van der Waals surface area contributed by atoms with Crippen LogP contribution in [-0.2, 0) is 6.42 Å². The van der Waals surface area contributed by atoms with Gasteiger partial charge in [0.25, 0.3) is 5.91 Å². The minimum absolute atomic E-state index is 0.106. The van der Waals surface area contributed by atoms with Gasteiger partial charge in [-0.3, -0.25) is 9.89 Å². The smallest absolute Gasteiger partial charge is 0.255 e. The lowest BCUT2D eigenvalue weighted by Crippen LogP contribution is -2.36. The molecule has 1 aliphatic rings. The maximum atomic E-state index is 14.1. The van der Waals surface area contributed by atoms with Crippen LogP contribution in [0.4, 0.5) is 8.78 Å². The molecule has 0 bridgehead atoms. The van der Waals surface area contributed by atoms with E-state index in [1.165, 1.54) is 18.2 Å². The topological polar surface area (TPSA) is 96.7 Å². The normalized spacial score (nSPS) is 15.7. The monoisotopic (exact) mass is 433 g/mol. The van der Waals surface area contributed by atoms with Crippen LogP contribution in [0.1, 0.15) is 44.8 Å². The number of aromatic nitrogens is 4. The summed E-state index contributed by atoms with van der Waals surface area (Å²) in [6.07, 6.45) is 3.75. The maximum Gasteiger partial charge on any atom is 0.255 e. The second kappa shape index (κ2) is 7.84. The van der Waals surface area contributed by atoms with Crippen molar-refractivity contribution in [2.45, 2.75) is 19.4 Å². The molecule has 0 saturated heterocycles. The van der Waals surface area contributed by atoms with E-state index >= 15 is 0 Å². The zero-order valence-electron chi connectivity index (χ0n) is 16.9. The van der Waals surface area contributed by atoms with Crippen LogP contribution in [0.25, 0.3) is 23.6 Å². The van der Waals surface area contributed by atoms with Crippen molar-refractivity contribution in [2.24, 2.45) is 0 Å². The number of nitrogens with one attached hydrogen (secondary N) is 2. The number of nitrogens with zero attached hydrogens (tertiary/aromatic N) is 3. The standard InChI is InChI=1S/C23H17F2N5O2/c1-12-2-8-17(25)21-16(12)11-18(26-22(21)31)19-10-15(27-28-19)7-9-20-29-30-23(32-20)13-3-5-14(24)6-4-13/h2-10,18H,11H2,1H3,(H,26,31)(H,27,28)/b9-7+. The molecule has 1 unspecified atom stereocenters. The number of fused-ring (bicyclic) bond motifs is 1. The molecule has 2 aromatic carbocycles. The van der Waals surface area contributed by atoms with Crippen molar-refractivity contribution in [3.63, 3.8) is 0 Å². The van der Waals surface area contributed by atoms with Crippen molar-refractivity contribution in [3.05, 3.63) is 88.1 Å². The number of benzene rings is 2. The average molecular weight is 433 g/mol. The molecule has 0 saturated carbocycles. The first-order valence-corrected chi connectivity index (χ1v) is 9.89. The van der Waals surface area contributed by atoms with Crippen molar-refractivity contribution in [1.29, 1.82) is 0 Å². The first-order valence-electron chi connectivity index (χ1n) is 9.89. The molecule has 1 aliphatic heterocycles. The average Bonchev–Trinajstić information content (AvgIpc) is 3.45. The zero-order chi connectivity index (χ0) is 22.2. The van der Waals surface area contributed by atoms with Crippen molar-refractivity contribution < 1.29 is 18.0 Å². The Balaban J connectivity index is 1.32. The predicted molar refractivity (Wildman–Crippen MR) is 112 cm³/mol. The first kappa shape index (κ1) is 19.8. The van der Waals surface area contributed by atoms with Gasteiger partial charge in [-0.1, -0.05) is 6.07 Å². The third-order valence-electron chi connectivity index (χ3n) is 5.36. The Morgan fingerprint density at radius 1 is 1.09 bits per heavy atom. The Morgan fingerprint density at radius 3 is 2.72 bits per heavy atom. The summed E-state index contributed by atoms with van der Waals surface area (Å²) in [5, 5.41) is 17.9. The van der Waals surface area contributed by atoms with E-state index < -0.39 is 11.7 Å².